The average Bonchev–Trinajstić information content (AvgIpc) is 2.49. The maximum absolute atomic E-state index is 13.7. The summed E-state index contributed by atoms with van der Waals surface area (Å²) in [6, 6.07) is 4.32. The predicted molar refractivity (Wildman–Crippen MR) is 76.1 cm³/mol. The molecule has 1 aromatic carbocycles. The van der Waals surface area contributed by atoms with Crippen LogP contribution in [0.25, 0.3) is 0 Å². The molecule has 110 valence electrons. The summed E-state index contributed by atoms with van der Waals surface area (Å²) in [5.74, 6) is 0.423. The molecule has 1 amide bonds. The van der Waals surface area contributed by atoms with Gasteiger partial charge in [-0.05, 0) is 50.3 Å². The van der Waals surface area contributed by atoms with E-state index in [1.165, 1.54) is 25.3 Å². The second-order valence-corrected chi connectivity index (χ2v) is 5.29. The van der Waals surface area contributed by atoms with Crippen LogP contribution in [-0.2, 0) is 4.79 Å². The number of carbonyl (C=O) groups is 1. The fourth-order valence-corrected chi connectivity index (χ4v) is 2.62. The van der Waals surface area contributed by atoms with Crippen molar-refractivity contribution in [3.63, 3.8) is 0 Å². The number of hydrogen-bond acceptors (Lipinski definition) is 3. The average molecular weight is 280 g/mol. The minimum Gasteiger partial charge on any atom is -0.497 e. The molecule has 1 aliphatic rings. The lowest BCUT2D eigenvalue weighted by atomic mass is 9.81. The number of anilines is 1. The molecule has 2 rings (SSSR count). The molecule has 4 nitrogen and oxygen atoms in total. The Morgan fingerprint density at radius 2 is 2.10 bits per heavy atom. The van der Waals surface area contributed by atoms with Crippen LogP contribution in [0.4, 0.5) is 10.1 Å². The highest BCUT2D eigenvalue weighted by atomic mass is 19.1. The fourth-order valence-electron chi connectivity index (χ4n) is 2.62. The van der Waals surface area contributed by atoms with E-state index in [-0.39, 0.29) is 17.5 Å². The van der Waals surface area contributed by atoms with Crippen molar-refractivity contribution in [1.29, 1.82) is 0 Å². The number of halogens is 1. The van der Waals surface area contributed by atoms with Gasteiger partial charge in [0.1, 0.15) is 11.6 Å². The maximum Gasteiger partial charge on any atom is 0.227 e. The molecule has 0 unspecified atom stereocenters. The Morgan fingerprint density at radius 1 is 1.40 bits per heavy atom. The molecule has 1 aromatic rings. The summed E-state index contributed by atoms with van der Waals surface area (Å²) in [6.45, 7) is 0.679. The van der Waals surface area contributed by atoms with Gasteiger partial charge >= 0.3 is 0 Å². The summed E-state index contributed by atoms with van der Waals surface area (Å²) in [6.07, 6.45) is 3.57. The number of hydrogen-bond donors (Lipinski definition) is 2. The first-order valence-electron chi connectivity index (χ1n) is 6.98. The van der Waals surface area contributed by atoms with Crippen LogP contribution >= 0.6 is 0 Å². The molecule has 0 atom stereocenters. The lowest BCUT2D eigenvalue weighted by molar-refractivity contribution is -0.121. The highest BCUT2D eigenvalue weighted by molar-refractivity contribution is 5.92. The van der Waals surface area contributed by atoms with Gasteiger partial charge in [-0.2, -0.15) is 0 Å². The quantitative estimate of drug-likeness (QED) is 0.890. The van der Waals surface area contributed by atoms with Crippen LogP contribution < -0.4 is 15.8 Å². The van der Waals surface area contributed by atoms with Crippen LogP contribution in [0.15, 0.2) is 18.2 Å². The molecule has 0 bridgehead atoms. The van der Waals surface area contributed by atoms with Crippen LogP contribution in [0.5, 0.6) is 5.75 Å². The maximum atomic E-state index is 13.7. The Bertz CT molecular complexity index is 471. The van der Waals surface area contributed by atoms with Gasteiger partial charge < -0.3 is 15.8 Å². The molecular weight excluding hydrogens is 259 g/mol. The third-order valence-electron chi connectivity index (χ3n) is 3.98. The molecule has 0 heterocycles. The smallest absolute Gasteiger partial charge is 0.227 e. The van der Waals surface area contributed by atoms with Crippen LogP contribution in [0.1, 0.15) is 25.7 Å². The van der Waals surface area contributed by atoms with E-state index in [2.05, 4.69) is 5.32 Å². The number of carbonyl (C=O) groups excluding carboxylic acids is 1. The van der Waals surface area contributed by atoms with Crippen molar-refractivity contribution in [3.8, 4) is 5.75 Å². The van der Waals surface area contributed by atoms with Gasteiger partial charge in [-0.1, -0.05) is 0 Å². The molecule has 1 saturated carbocycles. The molecule has 0 spiro atoms. The van der Waals surface area contributed by atoms with E-state index < -0.39 is 5.82 Å². The number of methoxy groups -OCH3 is 1. The Morgan fingerprint density at radius 3 is 2.70 bits per heavy atom. The van der Waals surface area contributed by atoms with Crippen molar-refractivity contribution in [2.75, 3.05) is 19.0 Å². The first kappa shape index (κ1) is 14.8. The van der Waals surface area contributed by atoms with E-state index in [1.54, 1.807) is 0 Å². The normalized spacial score (nSPS) is 22.4. The highest BCUT2D eigenvalue weighted by Crippen LogP contribution is 2.30. The van der Waals surface area contributed by atoms with Crippen molar-refractivity contribution < 1.29 is 13.9 Å². The Balaban J connectivity index is 1.98. The molecule has 3 N–H and O–H groups in total. The van der Waals surface area contributed by atoms with Gasteiger partial charge in [0.05, 0.1) is 12.8 Å². The van der Waals surface area contributed by atoms with Gasteiger partial charge in [-0.15, -0.1) is 0 Å². The summed E-state index contributed by atoms with van der Waals surface area (Å²) in [5, 5.41) is 2.66. The topological polar surface area (TPSA) is 64.3 Å². The monoisotopic (exact) mass is 280 g/mol. The molecule has 1 aliphatic carbocycles. The number of benzene rings is 1. The fraction of sp³-hybridized carbons (Fsp3) is 0.533. The van der Waals surface area contributed by atoms with E-state index in [0.717, 1.165) is 25.7 Å². The van der Waals surface area contributed by atoms with Crippen molar-refractivity contribution in [3.05, 3.63) is 24.0 Å². The third kappa shape index (κ3) is 3.48. The first-order valence-corrected chi connectivity index (χ1v) is 6.98. The number of amides is 1. The largest absolute Gasteiger partial charge is 0.497 e. The zero-order valence-electron chi connectivity index (χ0n) is 11.7. The molecule has 0 aliphatic heterocycles. The Kier molecular flexibility index (Phi) is 4.95. The molecular formula is C15H21FN2O2. The van der Waals surface area contributed by atoms with E-state index >= 15 is 0 Å². The third-order valence-corrected chi connectivity index (χ3v) is 3.98. The predicted octanol–water partition coefficient (Wildman–Crippen LogP) is 2.54. The van der Waals surface area contributed by atoms with Gasteiger partial charge in [-0.25, -0.2) is 4.39 Å². The Labute approximate surface area is 118 Å². The summed E-state index contributed by atoms with van der Waals surface area (Å²) in [4.78, 5) is 12.2. The molecule has 20 heavy (non-hydrogen) atoms. The van der Waals surface area contributed by atoms with Crippen molar-refractivity contribution in [1.82, 2.24) is 0 Å². The van der Waals surface area contributed by atoms with Gasteiger partial charge in [0, 0.05) is 12.0 Å². The number of rotatable bonds is 4. The van der Waals surface area contributed by atoms with E-state index in [9.17, 15) is 9.18 Å². The van der Waals surface area contributed by atoms with E-state index in [4.69, 9.17) is 10.5 Å². The number of nitrogens with one attached hydrogen (secondary N) is 1. The number of nitrogens with two attached hydrogens (primary N) is 1. The van der Waals surface area contributed by atoms with Gasteiger partial charge in [-0.3, -0.25) is 4.79 Å². The van der Waals surface area contributed by atoms with Crippen molar-refractivity contribution in [2.45, 2.75) is 25.7 Å². The minimum absolute atomic E-state index is 0.0524. The molecule has 0 aromatic heterocycles. The summed E-state index contributed by atoms with van der Waals surface area (Å²) >= 11 is 0. The SMILES string of the molecule is COc1ccc(F)c(NC(=O)C2CCC(CN)CC2)c1. The summed E-state index contributed by atoms with van der Waals surface area (Å²) in [7, 11) is 1.51. The van der Waals surface area contributed by atoms with E-state index in [1.807, 2.05) is 0 Å². The van der Waals surface area contributed by atoms with Crippen molar-refractivity contribution >= 4 is 11.6 Å². The van der Waals surface area contributed by atoms with Crippen LogP contribution in [0.2, 0.25) is 0 Å². The second kappa shape index (κ2) is 6.70. The number of ether oxygens (including phenoxy) is 1. The first-order chi connectivity index (χ1) is 9.63. The van der Waals surface area contributed by atoms with Gasteiger partial charge in [0.2, 0.25) is 5.91 Å². The van der Waals surface area contributed by atoms with Crippen LogP contribution in [0.3, 0.4) is 0 Å². The lowest BCUT2D eigenvalue weighted by Gasteiger charge is -2.26. The van der Waals surface area contributed by atoms with Gasteiger partial charge in [0.15, 0.2) is 0 Å². The van der Waals surface area contributed by atoms with Crippen LogP contribution in [-0.4, -0.2) is 19.6 Å². The summed E-state index contributed by atoms with van der Waals surface area (Å²) < 4.78 is 18.7. The van der Waals surface area contributed by atoms with Gasteiger partial charge in [0.25, 0.3) is 0 Å². The molecule has 5 heteroatoms. The summed E-state index contributed by atoms with van der Waals surface area (Å²) in [5.41, 5.74) is 5.81. The van der Waals surface area contributed by atoms with E-state index in [0.29, 0.717) is 18.2 Å². The Hall–Kier alpha value is -1.62. The van der Waals surface area contributed by atoms with Crippen LogP contribution in [0, 0.1) is 17.7 Å². The molecule has 1 fully saturated rings. The minimum atomic E-state index is -0.449. The van der Waals surface area contributed by atoms with Crippen molar-refractivity contribution in [2.24, 2.45) is 17.6 Å². The zero-order chi connectivity index (χ0) is 14.5. The zero-order valence-corrected chi connectivity index (χ0v) is 11.7. The molecule has 0 saturated heterocycles. The highest BCUT2D eigenvalue weighted by Gasteiger charge is 2.26. The molecule has 0 radical (unpaired) electrons. The second-order valence-electron chi connectivity index (χ2n) is 5.29. The lowest BCUT2D eigenvalue weighted by Crippen LogP contribution is -2.29. The standard InChI is InChI=1S/C15H21FN2O2/c1-20-12-6-7-13(16)14(8-12)18-15(19)11-4-2-10(9-17)3-5-11/h6-8,10-11H,2-5,9,17H2,1H3,(H,18,19).